The van der Waals surface area contributed by atoms with E-state index in [0.717, 1.165) is 6.07 Å². The molecular formula is C18H16N2O6. The molecule has 134 valence electrons. The molecule has 0 spiro atoms. The van der Waals surface area contributed by atoms with E-state index in [-0.39, 0.29) is 23.4 Å². The van der Waals surface area contributed by atoms with Crippen molar-refractivity contribution >= 4 is 23.6 Å². The first kappa shape index (κ1) is 18.7. The topological polar surface area (TPSA) is 122 Å². The standard InChI is InChI=1S/C18H16N2O6/c1-25-16-5-3-2-4-12(16)8-9-17(21)26-11-14-7-6-13(18(19)22)10-15(14)20(23)24/h2-10H,11H2,1H3,(H2,19,22)/b9-8+. The molecular weight excluding hydrogens is 340 g/mol. The zero-order chi connectivity index (χ0) is 19.1. The van der Waals surface area contributed by atoms with Gasteiger partial charge in [-0.2, -0.15) is 0 Å². The zero-order valence-electron chi connectivity index (χ0n) is 13.9. The molecule has 2 rings (SSSR count). The van der Waals surface area contributed by atoms with Crippen molar-refractivity contribution in [1.29, 1.82) is 0 Å². The van der Waals surface area contributed by atoms with Gasteiger partial charge in [0.2, 0.25) is 5.91 Å². The zero-order valence-corrected chi connectivity index (χ0v) is 13.9. The Balaban J connectivity index is 2.08. The van der Waals surface area contributed by atoms with Crippen LogP contribution in [0, 0.1) is 10.1 Å². The number of nitrogens with zero attached hydrogens (tertiary/aromatic N) is 1. The molecule has 0 atom stereocenters. The van der Waals surface area contributed by atoms with Crippen LogP contribution in [0.5, 0.6) is 5.75 Å². The first-order valence-electron chi connectivity index (χ1n) is 7.47. The maximum absolute atomic E-state index is 11.9. The van der Waals surface area contributed by atoms with Gasteiger partial charge in [0.1, 0.15) is 12.4 Å². The number of primary amides is 1. The summed E-state index contributed by atoms with van der Waals surface area (Å²) < 4.78 is 10.2. The van der Waals surface area contributed by atoms with Gasteiger partial charge in [-0.15, -0.1) is 0 Å². The average Bonchev–Trinajstić information content (AvgIpc) is 2.64. The SMILES string of the molecule is COc1ccccc1/C=C/C(=O)OCc1ccc(C(N)=O)cc1[N+](=O)[O-]. The Labute approximate surface area is 149 Å². The Bertz CT molecular complexity index is 876. The number of rotatable bonds is 7. The van der Waals surface area contributed by atoms with E-state index in [1.54, 1.807) is 24.3 Å². The van der Waals surface area contributed by atoms with E-state index in [1.807, 2.05) is 0 Å². The highest BCUT2D eigenvalue weighted by Gasteiger charge is 2.17. The van der Waals surface area contributed by atoms with E-state index in [1.165, 1.54) is 31.4 Å². The monoisotopic (exact) mass is 356 g/mol. The van der Waals surface area contributed by atoms with Crippen molar-refractivity contribution in [2.45, 2.75) is 6.61 Å². The Morgan fingerprint density at radius 2 is 1.96 bits per heavy atom. The quantitative estimate of drug-likeness (QED) is 0.352. The summed E-state index contributed by atoms with van der Waals surface area (Å²) in [5.41, 5.74) is 5.60. The van der Waals surface area contributed by atoms with Crippen molar-refractivity contribution in [1.82, 2.24) is 0 Å². The number of nitrogens with two attached hydrogens (primary N) is 1. The van der Waals surface area contributed by atoms with E-state index < -0.39 is 16.8 Å². The number of benzene rings is 2. The summed E-state index contributed by atoms with van der Waals surface area (Å²) in [6.45, 7) is -0.315. The highest BCUT2D eigenvalue weighted by molar-refractivity contribution is 5.93. The van der Waals surface area contributed by atoms with Gasteiger partial charge in [-0.25, -0.2) is 4.79 Å². The van der Waals surface area contributed by atoms with Crippen molar-refractivity contribution in [3.63, 3.8) is 0 Å². The lowest BCUT2D eigenvalue weighted by Crippen LogP contribution is -2.12. The average molecular weight is 356 g/mol. The highest BCUT2D eigenvalue weighted by atomic mass is 16.6. The van der Waals surface area contributed by atoms with Crippen LogP contribution in [0.15, 0.2) is 48.5 Å². The molecule has 2 aromatic carbocycles. The summed E-state index contributed by atoms with van der Waals surface area (Å²) in [7, 11) is 1.51. The molecule has 0 saturated heterocycles. The predicted octanol–water partition coefficient (Wildman–Crippen LogP) is 2.46. The minimum atomic E-state index is -0.781. The molecule has 2 N–H and O–H groups in total. The molecule has 0 aliphatic heterocycles. The number of methoxy groups -OCH3 is 1. The van der Waals surface area contributed by atoms with Gasteiger partial charge in [0.15, 0.2) is 0 Å². The molecule has 0 fully saturated rings. The van der Waals surface area contributed by atoms with Crippen LogP contribution in [0.25, 0.3) is 6.08 Å². The minimum Gasteiger partial charge on any atom is -0.496 e. The number of esters is 1. The third-order valence-electron chi connectivity index (χ3n) is 3.47. The van der Waals surface area contributed by atoms with Crippen molar-refractivity contribution < 1.29 is 24.0 Å². The fraction of sp³-hybridized carbons (Fsp3) is 0.111. The second-order valence-electron chi connectivity index (χ2n) is 5.15. The lowest BCUT2D eigenvalue weighted by atomic mass is 10.1. The fourth-order valence-electron chi connectivity index (χ4n) is 2.17. The molecule has 0 aromatic heterocycles. The van der Waals surface area contributed by atoms with Crippen LogP contribution in [0.1, 0.15) is 21.5 Å². The van der Waals surface area contributed by atoms with Crippen LogP contribution in [-0.4, -0.2) is 23.9 Å². The number of nitro groups is 1. The molecule has 2 aromatic rings. The first-order valence-corrected chi connectivity index (χ1v) is 7.47. The third-order valence-corrected chi connectivity index (χ3v) is 3.47. The minimum absolute atomic E-state index is 0.00263. The smallest absolute Gasteiger partial charge is 0.331 e. The van der Waals surface area contributed by atoms with Gasteiger partial charge >= 0.3 is 5.97 Å². The fourth-order valence-corrected chi connectivity index (χ4v) is 2.17. The number of hydrogen-bond acceptors (Lipinski definition) is 6. The number of ether oxygens (including phenoxy) is 2. The van der Waals surface area contributed by atoms with Crippen molar-refractivity contribution in [2.24, 2.45) is 5.73 Å². The molecule has 0 saturated carbocycles. The van der Waals surface area contributed by atoms with Crippen molar-refractivity contribution in [2.75, 3.05) is 7.11 Å². The molecule has 0 radical (unpaired) electrons. The Hall–Kier alpha value is -3.68. The lowest BCUT2D eigenvalue weighted by molar-refractivity contribution is -0.385. The summed E-state index contributed by atoms with van der Waals surface area (Å²) in [5.74, 6) is -0.866. The number of carbonyl (C=O) groups excluding carboxylic acids is 2. The second kappa shape index (κ2) is 8.43. The number of carbonyl (C=O) groups is 2. The van der Waals surface area contributed by atoms with Crippen LogP contribution in [-0.2, 0) is 16.1 Å². The van der Waals surface area contributed by atoms with Gasteiger partial charge in [-0.1, -0.05) is 18.2 Å². The normalized spacial score (nSPS) is 10.5. The molecule has 0 bridgehead atoms. The largest absolute Gasteiger partial charge is 0.496 e. The van der Waals surface area contributed by atoms with Gasteiger partial charge < -0.3 is 15.2 Å². The van der Waals surface area contributed by atoms with E-state index in [4.69, 9.17) is 15.2 Å². The van der Waals surface area contributed by atoms with Crippen LogP contribution in [0.4, 0.5) is 5.69 Å². The summed E-state index contributed by atoms with van der Waals surface area (Å²) >= 11 is 0. The third kappa shape index (κ3) is 4.67. The maximum Gasteiger partial charge on any atom is 0.331 e. The van der Waals surface area contributed by atoms with E-state index in [2.05, 4.69) is 0 Å². The van der Waals surface area contributed by atoms with E-state index in [9.17, 15) is 19.7 Å². The van der Waals surface area contributed by atoms with Crippen LogP contribution in [0.2, 0.25) is 0 Å². The van der Waals surface area contributed by atoms with Gasteiger partial charge in [-0.3, -0.25) is 14.9 Å². The molecule has 8 nitrogen and oxygen atoms in total. The second-order valence-corrected chi connectivity index (χ2v) is 5.15. The Kier molecular flexibility index (Phi) is 6.05. The number of amides is 1. The van der Waals surface area contributed by atoms with Gasteiger partial charge in [0, 0.05) is 23.3 Å². The summed E-state index contributed by atoms with van der Waals surface area (Å²) in [5, 5.41) is 11.1. The predicted molar refractivity (Wildman–Crippen MR) is 93.4 cm³/mol. The summed E-state index contributed by atoms with van der Waals surface area (Å²) in [4.78, 5) is 33.4. The van der Waals surface area contributed by atoms with Crippen LogP contribution >= 0.6 is 0 Å². The van der Waals surface area contributed by atoms with Gasteiger partial charge in [-0.05, 0) is 24.3 Å². The molecule has 26 heavy (non-hydrogen) atoms. The van der Waals surface area contributed by atoms with Crippen molar-refractivity contribution in [3.8, 4) is 5.75 Å². The van der Waals surface area contributed by atoms with Gasteiger partial charge in [0.05, 0.1) is 17.6 Å². The van der Waals surface area contributed by atoms with E-state index >= 15 is 0 Å². The molecule has 0 aliphatic rings. The number of hydrogen-bond donors (Lipinski definition) is 1. The van der Waals surface area contributed by atoms with Crippen molar-refractivity contribution in [3.05, 3.63) is 75.3 Å². The molecule has 0 unspecified atom stereocenters. The Morgan fingerprint density at radius 3 is 2.62 bits per heavy atom. The molecule has 8 heteroatoms. The number of para-hydroxylation sites is 1. The Morgan fingerprint density at radius 1 is 1.23 bits per heavy atom. The van der Waals surface area contributed by atoms with Gasteiger partial charge in [0.25, 0.3) is 5.69 Å². The van der Waals surface area contributed by atoms with Crippen LogP contribution < -0.4 is 10.5 Å². The first-order chi connectivity index (χ1) is 12.4. The maximum atomic E-state index is 11.9. The summed E-state index contributed by atoms with van der Waals surface area (Å²) in [6, 6.07) is 10.8. The molecule has 1 amide bonds. The van der Waals surface area contributed by atoms with Crippen LogP contribution in [0.3, 0.4) is 0 Å². The summed E-state index contributed by atoms with van der Waals surface area (Å²) in [6.07, 6.45) is 2.72. The highest BCUT2D eigenvalue weighted by Crippen LogP contribution is 2.22. The van der Waals surface area contributed by atoms with E-state index in [0.29, 0.717) is 11.3 Å². The molecule has 0 heterocycles. The lowest BCUT2D eigenvalue weighted by Gasteiger charge is -2.05. The molecule has 0 aliphatic carbocycles. The number of nitro benzene ring substituents is 1.